The van der Waals surface area contributed by atoms with Crippen LogP contribution in [0.3, 0.4) is 0 Å². The summed E-state index contributed by atoms with van der Waals surface area (Å²) in [5.41, 5.74) is -1.24. The van der Waals surface area contributed by atoms with Crippen LogP contribution in [-0.4, -0.2) is 56.7 Å². The van der Waals surface area contributed by atoms with Gasteiger partial charge < -0.3 is 19.7 Å². The molecule has 2 aromatic rings. The first kappa shape index (κ1) is 27.1. The van der Waals surface area contributed by atoms with Crippen molar-refractivity contribution >= 4 is 33.4 Å². The van der Waals surface area contributed by atoms with E-state index in [0.29, 0.717) is 5.02 Å². The molecule has 200 valence electrons. The van der Waals surface area contributed by atoms with E-state index in [1.807, 2.05) is 0 Å². The maximum atomic E-state index is 15.4. The van der Waals surface area contributed by atoms with Gasteiger partial charge in [0.25, 0.3) is 0 Å². The summed E-state index contributed by atoms with van der Waals surface area (Å²) in [5.74, 6) is -2.97. The molecule has 0 bridgehead atoms. The summed E-state index contributed by atoms with van der Waals surface area (Å²) in [6.07, 6.45) is -0.726. The van der Waals surface area contributed by atoms with E-state index in [-0.39, 0.29) is 24.3 Å². The van der Waals surface area contributed by atoms with Crippen molar-refractivity contribution in [3.8, 4) is 5.75 Å². The Morgan fingerprint density at radius 3 is 2.46 bits per heavy atom. The summed E-state index contributed by atoms with van der Waals surface area (Å²) in [4.78, 5) is 26.4. The number of carbonyl (C=O) groups is 2. The first-order chi connectivity index (χ1) is 17.3. The number of nitrogens with one attached hydrogen (secondary N) is 1. The highest BCUT2D eigenvalue weighted by atomic mass is 35.5. The Morgan fingerprint density at radius 1 is 1.16 bits per heavy atom. The van der Waals surface area contributed by atoms with Gasteiger partial charge in [0, 0.05) is 11.6 Å². The van der Waals surface area contributed by atoms with E-state index in [4.69, 9.17) is 21.1 Å². The van der Waals surface area contributed by atoms with Crippen LogP contribution in [0, 0.1) is 11.6 Å². The predicted molar refractivity (Wildman–Crippen MR) is 131 cm³/mol. The van der Waals surface area contributed by atoms with E-state index in [1.165, 1.54) is 29.2 Å². The smallest absolute Gasteiger partial charge is 0.408 e. The third-order valence-corrected chi connectivity index (χ3v) is 9.22. The SMILES string of the molecule is CC(C)(C)OC(=O)NCC(=O)N1CCC[C@]2(S(=O)(=O)c3ccc(Cl)cc3)c3c(F)ccc(F)c3OC[C@H]12. The quantitative estimate of drug-likeness (QED) is 0.606. The summed E-state index contributed by atoms with van der Waals surface area (Å²) in [6, 6.07) is 5.88. The lowest BCUT2D eigenvalue weighted by atomic mass is 9.80. The Kier molecular flexibility index (Phi) is 7.15. The van der Waals surface area contributed by atoms with E-state index in [2.05, 4.69) is 5.32 Å². The number of halogens is 3. The van der Waals surface area contributed by atoms with Crippen molar-refractivity contribution in [2.75, 3.05) is 19.7 Å². The molecule has 2 aromatic carbocycles. The minimum absolute atomic E-state index is 0.0807. The molecule has 0 aliphatic carbocycles. The number of hydrogen-bond donors (Lipinski definition) is 1. The maximum Gasteiger partial charge on any atom is 0.408 e. The first-order valence-corrected chi connectivity index (χ1v) is 13.5. The molecule has 1 saturated heterocycles. The number of piperidine rings is 1. The zero-order valence-corrected chi connectivity index (χ0v) is 22.1. The molecule has 12 heteroatoms. The van der Waals surface area contributed by atoms with Crippen molar-refractivity contribution in [3.05, 3.63) is 58.6 Å². The van der Waals surface area contributed by atoms with Crippen molar-refractivity contribution in [1.82, 2.24) is 10.2 Å². The number of rotatable bonds is 4. The highest BCUT2D eigenvalue weighted by molar-refractivity contribution is 7.92. The van der Waals surface area contributed by atoms with Crippen molar-refractivity contribution < 1.29 is 36.3 Å². The average molecular weight is 557 g/mol. The highest BCUT2D eigenvalue weighted by Crippen LogP contribution is 2.53. The number of ether oxygens (including phenoxy) is 2. The molecule has 1 fully saturated rings. The summed E-state index contributed by atoms with van der Waals surface area (Å²) >= 11 is 5.95. The molecule has 2 amide bonds. The number of likely N-dealkylation sites (tertiary alicyclic amines) is 1. The van der Waals surface area contributed by atoms with Crippen molar-refractivity contribution in [3.63, 3.8) is 0 Å². The number of nitrogens with zero attached hydrogens (tertiary/aromatic N) is 1. The van der Waals surface area contributed by atoms with Crippen LogP contribution in [0.25, 0.3) is 0 Å². The number of benzene rings is 2. The lowest BCUT2D eigenvalue weighted by Gasteiger charge is -2.51. The molecule has 0 unspecified atom stereocenters. The monoisotopic (exact) mass is 556 g/mol. The number of fused-ring (bicyclic) bond motifs is 3. The Hall–Kier alpha value is -2.92. The molecule has 37 heavy (non-hydrogen) atoms. The Morgan fingerprint density at radius 2 is 1.81 bits per heavy atom. The Balaban J connectivity index is 1.79. The van der Waals surface area contributed by atoms with E-state index in [0.717, 1.165) is 12.1 Å². The Bertz CT molecular complexity index is 1330. The molecule has 4 rings (SSSR count). The van der Waals surface area contributed by atoms with Crippen LogP contribution in [0.2, 0.25) is 5.02 Å². The third kappa shape index (κ3) is 4.86. The standard InChI is InChI=1S/C25H27ClF2N2O6S/c1-24(2,3)36-23(32)29-13-20(31)30-12-4-11-25(37(33,34)16-7-5-15(26)6-8-16)19(30)14-35-22-18(28)10-9-17(27)21(22)25/h5-10,19H,4,11-14H2,1-3H3,(H,29,32)/t19-,25+/m0/s1. The number of amides is 2. The molecule has 8 nitrogen and oxygen atoms in total. The molecular weight excluding hydrogens is 530 g/mol. The third-order valence-electron chi connectivity index (χ3n) is 6.44. The van der Waals surface area contributed by atoms with Gasteiger partial charge in [-0.2, -0.15) is 0 Å². The highest BCUT2D eigenvalue weighted by Gasteiger charge is 2.61. The van der Waals surface area contributed by atoms with Gasteiger partial charge in [-0.15, -0.1) is 0 Å². The van der Waals surface area contributed by atoms with Crippen LogP contribution in [0.15, 0.2) is 41.3 Å². The van der Waals surface area contributed by atoms with Crippen LogP contribution >= 0.6 is 11.6 Å². The van der Waals surface area contributed by atoms with Gasteiger partial charge in [0.2, 0.25) is 5.91 Å². The lowest BCUT2D eigenvalue weighted by Crippen LogP contribution is -2.65. The number of sulfone groups is 1. The molecule has 0 saturated carbocycles. The molecule has 0 spiro atoms. The van der Waals surface area contributed by atoms with Crippen LogP contribution in [0.5, 0.6) is 5.75 Å². The molecule has 2 aliphatic rings. The number of hydrogen-bond acceptors (Lipinski definition) is 6. The van der Waals surface area contributed by atoms with Crippen molar-refractivity contribution in [2.45, 2.75) is 54.9 Å². The largest absolute Gasteiger partial charge is 0.488 e. The lowest BCUT2D eigenvalue weighted by molar-refractivity contribution is -0.136. The maximum absolute atomic E-state index is 15.4. The zero-order chi connectivity index (χ0) is 27.2. The molecule has 2 aliphatic heterocycles. The molecule has 0 radical (unpaired) electrons. The topological polar surface area (TPSA) is 102 Å². The normalized spacial score (nSPS) is 21.4. The molecule has 1 N–H and O–H groups in total. The van der Waals surface area contributed by atoms with Gasteiger partial charge in [0.15, 0.2) is 21.4 Å². The van der Waals surface area contributed by atoms with Crippen LogP contribution < -0.4 is 10.1 Å². The average Bonchev–Trinajstić information content (AvgIpc) is 2.83. The fourth-order valence-electron chi connectivity index (χ4n) is 4.97. The minimum atomic E-state index is -4.43. The van der Waals surface area contributed by atoms with Gasteiger partial charge in [0.1, 0.15) is 29.3 Å². The summed E-state index contributed by atoms with van der Waals surface area (Å²) in [6.45, 7) is 4.25. The fourth-order valence-corrected chi connectivity index (χ4v) is 7.43. The van der Waals surface area contributed by atoms with E-state index >= 15 is 4.39 Å². The second-order valence-corrected chi connectivity index (χ2v) is 12.6. The van der Waals surface area contributed by atoms with E-state index < -0.39 is 74.3 Å². The second-order valence-electron chi connectivity index (χ2n) is 9.95. The molecular formula is C25H27ClF2N2O6S. The summed E-state index contributed by atoms with van der Waals surface area (Å²) in [7, 11) is -4.43. The van der Waals surface area contributed by atoms with Gasteiger partial charge in [0.05, 0.1) is 16.5 Å². The minimum Gasteiger partial charge on any atom is -0.488 e. The van der Waals surface area contributed by atoms with E-state index in [9.17, 15) is 22.4 Å². The second kappa shape index (κ2) is 9.75. The van der Waals surface area contributed by atoms with Crippen LogP contribution in [-0.2, 0) is 24.1 Å². The number of alkyl carbamates (subject to hydrolysis) is 1. The summed E-state index contributed by atoms with van der Waals surface area (Å²) < 4.78 is 67.4. The van der Waals surface area contributed by atoms with Crippen molar-refractivity contribution in [2.24, 2.45) is 0 Å². The molecule has 2 atom stereocenters. The summed E-state index contributed by atoms with van der Waals surface area (Å²) in [5, 5.41) is 2.67. The molecule has 0 aromatic heterocycles. The van der Waals surface area contributed by atoms with Crippen molar-refractivity contribution in [1.29, 1.82) is 0 Å². The molecule has 2 heterocycles. The fraction of sp³-hybridized carbons (Fsp3) is 0.440. The predicted octanol–water partition coefficient (Wildman–Crippen LogP) is 4.20. The van der Waals surface area contributed by atoms with Gasteiger partial charge in [-0.25, -0.2) is 22.0 Å². The van der Waals surface area contributed by atoms with Gasteiger partial charge in [-0.3, -0.25) is 4.79 Å². The number of carbonyl (C=O) groups excluding carboxylic acids is 2. The van der Waals surface area contributed by atoms with Crippen LogP contribution in [0.1, 0.15) is 39.2 Å². The van der Waals surface area contributed by atoms with Gasteiger partial charge in [-0.1, -0.05) is 11.6 Å². The first-order valence-electron chi connectivity index (χ1n) is 11.7. The Labute approximate surface area is 218 Å². The van der Waals surface area contributed by atoms with Gasteiger partial charge >= 0.3 is 6.09 Å². The van der Waals surface area contributed by atoms with Gasteiger partial charge in [-0.05, 0) is 70.0 Å². The van der Waals surface area contributed by atoms with E-state index in [1.54, 1.807) is 20.8 Å². The van der Waals surface area contributed by atoms with Crippen LogP contribution in [0.4, 0.5) is 13.6 Å². The zero-order valence-electron chi connectivity index (χ0n) is 20.5.